The fraction of sp³-hybridized carbons (Fsp3) is 0.348. The third kappa shape index (κ3) is 3.88. The van der Waals surface area contributed by atoms with E-state index in [9.17, 15) is 4.79 Å². The van der Waals surface area contributed by atoms with Gasteiger partial charge in [-0.3, -0.25) is 9.78 Å². The van der Waals surface area contributed by atoms with Gasteiger partial charge in [-0.05, 0) is 62.8 Å². The number of benzene rings is 1. The Balaban J connectivity index is 1.46. The lowest BCUT2D eigenvalue weighted by molar-refractivity contribution is -0.127. The van der Waals surface area contributed by atoms with E-state index in [1.807, 2.05) is 56.1 Å². The van der Waals surface area contributed by atoms with Crippen LogP contribution in [-0.4, -0.2) is 38.8 Å². The Bertz CT molecular complexity index is 1070. The van der Waals surface area contributed by atoms with E-state index in [-0.39, 0.29) is 5.91 Å². The molecule has 0 radical (unpaired) electrons. The molecule has 1 fully saturated rings. The Morgan fingerprint density at radius 3 is 2.59 bits per heavy atom. The second-order valence-corrected chi connectivity index (χ2v) is 7.89. The Morgan fingerprint density at radius 1 is 1.21 bits per heavy atom. The number of likely N-dealkylation sites (tertiary alicyclic amines) is 1. The first-order valence-corrected chi connectivity index (χ1v) is 10.1. The van der Waals surface area contributed by atoms with Gasteiger partial charge < -0.3 is 15.6 Å². The standard InChI is InChI=1S/C23H27N5O/c1-14(17-4-6-19(24)7-5-17)12-21(29)28-10-8-18(9-11-28)20-13-25-15(2)22-23(20)27-16(3)26-22/h4-7,12-13,18H,8-11,24H2,1-3H3,(H,26,27). The molecule has 29 heavy (non-hydrogen) atoms. The number of hydrogen-bond donors (Lipinski definition) is 2. The molecule has 0 atom stereocenters. The quantitative estimate of drug-likeness (QED) is 0.524. The molecule has 4 rings (SSSR count). The minimum absolute atomic E-state index is 0.0700. The molecular formula is C23H27N5O. The molecule has 6 nitrogen and oxygen atoms in total. The molecule has 0 saturated carbocycles. The summed E-state index contributed by atoms with van der Waals surface area (Å²) in [4.78, 5) is 27.3. The molecule has 1 aliphatic heterocycles. The molecule has 1 aromatic carbocycles. The first-order chi connectivity index (χ1) is 13.9. The van der Waals surface area contributed by atoms with Crippen LogP contribution in [0.1, 0.15) is 48.3 Å². The van der Waals surface area contributed by atoms with Gasteiger partial charge in [-0.15, -0.1) is 0 Å². The molecule has 0 spiro atoms. The minimum Gasteiger partial charge on any atom is -0.399 e. The van der Waals surface area contributed by atoms with E-state index in [1.54, 1.807) is 6.08 Å². The van der Waals surface area contributed by atoms with Crippen molar-refractivity contribution in [2.45, 2.75) is 39.5 Å². The highest BCUT2D eigenvalue weighted by Gasteiger charge is 2.25. The van der Waals surface area contributed by atoms with Crippen molar-refractivity contribution < 1.29 is 4.79 Å². The maximum absolute atomic E-state index is 12.7. The number of nitrogens with one attached hydrogen (secondary N) is 1. The first kappa shape index (κ1) is 19.2. The van der Waals surface area contributed by atoms with Crippen LogP contribution < -0.4 is 5.73 Å². The number of nitrogens with two attached hydrogens (primary N) is 1. The number of H-pyrrole nitrogens is 1. The predicted molar refractivity (Wildman–Crippen MR) is 116 cm³/mol. The number of nitrogens with zero attached hydrogens (tertiary/aromatic N) is 3. The van der Waals surface area contributed by atoms with E-state index in [2.05, 4.69) is 15.0 Å². The van der Waals surface area contributed by atoms with Gasteiger partial charge in [0.2, 0.25) is 5.91 Å². The summed E-state index contributed by atoms with van der Waals surface area (Å²) in [6.45, 7) is 7.42. The monoisotopic (exact) mass is 389 g/mol. The van der Waals surface area contributed by atoms with Gasteiger partial charge in [0, 0.05) is 36.6 Å². The van der Waals surface area contributed by atoms with Crippen molar-refractivity contribution in [1.82, 2.24) is 19.9 Å². The maximum atomic E-state index is 12.7. The van der Waals surface area contributed by atoms with Crippen LogP contribution in [0.3, 0.4) is 0 Å². The van der Waals surface area contributed by atoms with E-state index < -0.39 is 0 Å². The molecular weight excluding hydrogens is 362 g/mol. The van der Waals surface area contributed by atoms with Crippen LogP contribution in [0.4, 0.5) is 5.69 Å². The maximum Gasteiger partial charge on any atom is 0.246 e. The molecule has 150 valence electrons. The molecule has 2 aromatic heterocycles. The fourth-order valence-corrected chi connectivity index (χ4v) is 4.07. The third-order valence-corrected chi connectivity index (χ3v) is 5.81. The van der Waals surface area contributed by atoms with Crippen LogP contribution in [0.5, 0.6) is 0 Å². The molecule has 1 saturated heterocycles. The lowest BCUT2D eigenvalue weighted by Crippen LogP contribution is -2.37. The average Bonchev–Trinajstić information content (AvgIpc) is 3.11. The number of piperidine rings is 1. The number of pyridine rings is 1. The van der Waals surface area contributed by atoms with E-state index in [0.29, 0.717) is 5.92 Å². The van der Waals surface area contributed by atoms with Crippen molar-refractivity contribution in [1.29, 1.82) is 0 Å². The van der Waals surface area contributed by atoms with Gasteiger partial charge in [0.15, 0.2) is 0 Å². The normalized spacial score (nSPS) is 15.8. The lowest BCUT2D eigenvalue weighted by atomic mass is 9.89. The summed E-state index contributed by atoms with van der Waals surface area (Å²) in [6.07, 6.45) is 5.54. The number of fused-ring (bicyclic) bond motifs is 1. The molecule has 0 bridgehead atoms. The summed E-state index contributed by atoms with van der Waals surface area (Å²) in [6, 6.07) is 7.61. The van der Waals surface area contributed by atoms with Crippen molar-refractivity contribution in [3.63, 3.8) is 0 Å². The SMILES string of the molecule is CC(=CC(=O)N1CCC(c2cnc(C)c3[nH]c(C)nc23)CC1)c1ccc(N)cc1. The van der Waals surface area contributed by atoms with E-state index in [1.165, 1.54) is 5.56 Å². The summed E-state index contributed by atoms with van der Waals surface area (Å²) >= 11 is 0. The summed E-state index contributed by atoms with van der Waals surface area (Å²) < 4.78 is 0. The zero-order chi connectivity index (χ0) is 20.5. The summed E-state index contributed by atoms with van der Waals surface area (Å²) in [5.41, 5.74) is 12.7. The number of aromatic amines is 1. The van der Waals surface area contributed by atoms with Gasteiger partial charge in [-0.2, -0.15) is 0 Å². The number of imidazole rings is 1. The predicted octanol–water partition coefficient (Wildman–Crippen LogP) is 3.97. The van der Waals surface area contributed by atoms with Gasteiger partial charge in [-0.25, -0.2) is 4.98 Å². The number of amides is 1. The molecule has 3 heterocycles. The molecule has 0 aliphatic carbocycles. The van der Waals surface area contributed by atoms with Crippen molar-refractivity contribution in [2.75, 3.05) is 18.8 Å². The molecule has 0 unspecified atom stereocenters. The highest BCUT2D eigenvalue weighted by molar-refractivity contribution is 5.95. The largest absolute Gasteiger partial charge is 0.399 e. The number of aryl methyl sites for hydroxylation is 2. The number of carbonyl (C=O) groups excluding carboxylic acids is 1. The smallest absolute Gasteiger partial charge is 0.246 e. The van der Waals surface area contributed by atoms with E-state index in [0.717, 1.165) is 65.3 Å². The van der Waals surface area contributed by atoms with Crippen LogP contribution in [0.25, 0.3) is 16.6 Å². The summed E-state index contributed by atoms with van der Waals surface area (Å²) in [5.74, 6) is 1.35. The number of nitrogen functional groups attached to an aromatic ring is 1. The second-order valence-electron chi connectivity index (χ2n) is 7.89. The fourth-order valence-electron chi connectivity index (χ4n) is 4.07. The molecule has 1 aliphatic rings. The van der Waals surface area contributed by atoms with Crippen molar-refractivity contribution in [3.05, 3.63) is 59.2 Å². The van der Waals surface area contributed by atoms with Gasteiger partial charge in [0.25, 0.3) is 0 Å². The molecule has 6 heteroatoms. The first-order valence-electron chi connectivity index (χ1n) is 10.1. The lowest BCUT2D eigenvalue weighted by Gasteiger charge is -2.31. The minimum atomic E-state index is 0.0700. The van der Waals surface area contributed by atoms with Crippen LogP contribution in [0.15, 0.2) is 36.5 Å². The topological polar surface area (TPSA) is 87.9 Å². The molecule has 1 amide bonds. The molecule has 3 aromatic rings. The summed E-state index contributed by atoms with van der Waals surface area (Å²) in [5, 5.41) is 0. The number of hydrogen-bond acceptors (Lipinski definition) is 4. The van der Waals surface area contributed by atoms with Crippen molar-refractivity contribution >= 4 is 28.2 Å². The van der Waals surface area contributed by atoms with E-state index >= 15 is 0 Å². The van der Waals surface area contributed by atoms with Crippen LogP contribution >= 0.6 is 0 Å². The third-order valence-electron chi connectivity index (χ3n) is 5.81. The highest BCUT2D eigenvalue weighted by Crippen LogP contribution is 2.32. The van der Waals surface area contributed by atoms with E-state index in [4.69, 9.17) is 5.73 Å². The van der Waals surface area contributed by atoms with Gasteiger partial charge in [0.05, 0.1) is 16.7 Å². The zero-order valence-corrected chi connectivity index (χ0v) is 17.2. The Hall–Kier alpha value is -3.15. The average molecular weight is 390 g/mol. The number of allylic oxidation sites excluding steroid dienone is 1. The number of carbonyl (C=O) groups is 1. The highest BCUT2D eigenvalue weighted by atomic mass is 16.2. The van der Waals surface area contributed by atoms with Gasteiger partial charge in [0.1, 0.15) is 5.82 Å². The number of anilines is 1. The zero-order valence-electron chi connectivity index (χ0n) is 17.2. The molecule has 3 N–H and O–H groups in total. The van der Waals surface area contributed by atoms with Gasteiger partial charge in [-0.1, -0.05) is 12.1 Å². The van der Waals surface area contributed by atoms with Crippen molar-refractivity contribution in [3.8, 4) is 0 Å². The second kappa shape index (κ2) is 7.70. The Labute approximate surface area is 170 Å². The van der Waals surface area contributed by atoms with Gasteiger partial charge >= 0.3 is 0 Å². The van der Waals surface area contributed by atoms with Crippen molar-refractivity contribution in [2.24, 2.45) is 0 Å². The number of rotatable bonds is 3. The Morgan fingerprint density at radius 2 is 1.90 bits per heavy atom. The Kier molecular flexibility index (Phi) is 5.09. The summed E-state index contributed by atoms with van der Waals surface area (Å²) in [7, 11) is 0. The van der Waals surface area contributed by atoms with Crippen LogP contribution in [-0.2, 0) is 4.79 Å². The number of aromatic nitrogens is 3. The van der Waals surface area contributed by atoms with Crippen LogP contribution in [0.2, 0.25) is 0 Å². The van der Waals surface area contributed by atoms with Crippen LogP contribution in [0, 0.1) is 13.8 Å².